The number of nitrogens with zero attached hydrogens (tertiary/aromatic N) is 2. The van der Waals surface area contributed by atoms with E-state index in [9.17, 15) is 0 Å². The van der Waals surface area contributed by atoms with E-state index >= 15 is 0 Å². The number of rotatable bonds is 8. The fraction of sp³-hybridized carbons (Fsp3) is 0.194. The smallest absolute Gasteiger partial charge is 0.166 e. The van der Waals surface area contributed by atoms with E-state index in [1.54, 1.807) is 0 Å². The van der Waals surface area contributed by atoms with Gasteiger partial charge in [-0.15, -0.1) is 0 Å². The molecule has 5 rings (SSSR count). The highest BCUT2D eigenvalue weighted by molar-refractivity contribution is 7.80. The molecule has 0 saturated carbocycles. The van der Waals surface area contributed by atoms with Gasteiger partial charge < -0.3 is 20.0 Å². The van der Waals surface area contributed by atoms with Crippen molar-refractivity contribution in [3.05, 3.63) is 132 Å². The highest BCUT2D eigenvalue weighted by Crippen LogP contribution is 2.66. The normalized spacial score (nSPS) is 17.5. The monoisotopic (exact) mass is 524 g/mol. The molecule has 1 heterocycles. The minimum absolute atomic E-state index is 0.170. The van der Waals surface area contributed by atoms with Crippen LogP contribution in [0.4, 0.5) is 11.4 Å². The zero-order valence-corrected chi connectivity index (χ0v) is 22.8. The maximum atomic E-state index is 5.33. The third-order valence-electron chi connectivity index (χ3n) is 6.69. The van der Waals surface area contributed by atoms with Crippen LogP contribution in [0.5, 0.6) is 0 Å². The van der Waals surface area contributed by atoms with Gasteiger partial charge in [0.1, 0.15) is 0 Å². The first-order valence-electron chi connectivity index (χ1n) is 12.8. The van der Waals surface area contributed by atoms with Crippen LogP contribution in [0.25, 0.3) is 0 Å². The van der Waals surface area contributed by atoms with E-state index in [0.717, 1.165) is 19.1 Å². The fourth-order valence-corrected chi connectivity index (χ4v) is 8.16. The summed E-state index contributed by atoms with van der Waals surface area (Å²) in [5.41, 5.74) is 5.20. The van der Waals surface area contributed by atoms with Gasteiger partial charge in [-0.1, -0.05) is 97.1 Å². The van der Waals surface area contributed by atoms with Crippen molar-refractivity contribution < 1.29 is 0 Å². The van der Waals surface area contributed by atoms with Crippen LogP contribution >= 0.6 is 20.4 Å². The number of nitrogens with one attached hydrogen (secondary N) is 2. The second kappa shape index (κ2) is 12.2. The van der Waals surface area contributed by atoms with Gasteiger partial charge >= 0.3 is 0 Å². The molecule has 4 aromatic carbocycles. The lowest BCUT2D eigenvalue weighted by molar-refractivity contribution is 0.618. The second-order valence-corrected chi connectivity index (χ2v) is 11.5. The Kier molecular flexibility index (Phi) is 8.35. The van der Waals surface area contributed by atoms with Crippen molar-refractivity contribution in [2.24, 2.45) is 0 Å². The van der Waals surface area contributed by atoms with E-state index in [1.807, 2.05) is 7.05 Å². The van der Waals surface area contributed by atoms with Crippen molar-refractivity contribution in [3.63, 3.8) is 0 Å². The van der Waals surface area contributed by atoms with Crippen LogP contribution in [-0.2, 0) is 0 Å². The van der Waals surface area contributed by atoms with Crippen molar-refractivity contribution in [3.8, 4) is 0 Å². The van der Waals surface area contributed by atoms with Crippen LogP contribution in [0.3, 0.4) is 0 Å². The summed E-state index contributed by atoms with van der Waals surface area (Å²) in [5, 5.41) is 7.07. The second-order valence-electron chi connectivity index (χ2n) is 9.03. The Morgan fingerprint density at radius 2 is 1.08 bits per heavy atom. The van der Waals surface area contributed by atoms with Crippen molar-refractivity contribution in [2.45, 2.75) is 18.5 Å². The van der Waals surface area contributed by atoms with Gasteiger partial charge in [-0.05, 0) is 54.0 Å². The van der Waals surface area contributed by atoms with Gasteiger partial charge in [0.2, 0.25) is 0 Å². The quantitative estimate of drug-likeness (QED) is 0.144. The van der Waals surface area contributed by atoms with Crippen LogP contribution in [0.15, 0.2) is 121 Å². The average molecular weight is 525 g/mol. The summed E-state index contributed by atoms with van der Waals surface area (Å²) in [6.07, 6.45) is 2.06. The summed E-state index contributed by atoms with van der Waals surface area (Å²) in [5.74, 6) is 0. The summed E-state index contributed by atoms with van der Waals surface area (Å²) >= 11 is 5.33. The highest BCUT2D eigenvalue weighted by Gasteiger charge is 2.48. The molecule has 6 heteroatoms. The molecule has 0 spiro atoms. The highest BCUT2D eigenvalue weighted by atomic mass is 32.1. The minimum Gasteiger partial charge on any atom is -0.366 e. The molecule has 37 heavy (non-hydrogen) atoms. The molecule has 0 aliphatic carbocycles. The van der Waals surface area contributed by atoms with Gasteiger partial charge in [-0.3, -0.25) is 0 Å². The average Bonchev–Trinajstić information content (AvgIpc) is 3.32. The molecule has 0 unspecified atom stereocenters. The van der Waals surface area contributed by atoms with Gasteiger partial charge in [0.15, 0.2) is 5.11 Å². The fourth-order valence-electron chi connectivity index (χ4n) is 5.08. The van der Waals surface area contributed by atoms with Crippen molar-refractivity contribution in [1.82, 2.24) is 10.6 Å². The first kappa shape index (κ1) is 25.3. The van der Waals surface area contributed by atoms with Gasteiger partial charge in [0.25, 0.3) is 0 Å². The molecule has 1 fully saturated rings. The molecule has 188 valence electrons. The lowest BCUT2D eigenvalue weighted by atomic mass is 9.92. The van der Waals surface area contributed by atoms with Crippen LogP contribution in [0.1, 0.15) is 29.6 Å². The Morgan fingerprint density at radius 3 is 1.49 bits per heavy atom. The van der Waals surface area contributed by atoms with E-state index in [0.29, 0.717) is 5.11 Å². The molecule has 1 aliphatic rings. The largest absolute Gasteiger partial charge is 0.366 e. The van der Waals surface area contributed by atoms with Crippen LogP contribution in [-0.4, -0.2) is 24.9 Å². The zero-order valence-electron chi connectivity index (χ0n) is 21.1. The van der Waals surface area contributed by atoms with Crippen molar-refractivity contribution >= 4 is 36.9 Å². The number of hydrogen-bond acceptors (Lipinski definition) is 3. The van der Waals surface area contributed by atoms with Gasteiger partial charge in [0.05, 0.1) is 20.3 Å². The SMILES string of the molecule is CNC(=S)NCCCP1N(c2ccccc2)[C@H](c2ccccc2)[C@@H](c2ccccc2)N1c1ccccc1. The Morgan fingerprint density at radius 1 is 0.676 bits per heavy atom. The Hall–Kier alpha value is -3.40. The Balaban J connectivity index is 1.65. The van der Waals surface area contributed by atoms with Crippen molar-refractivity contribution in [1.29, 1.82) is 0 Å². The van der Waals surface area contributed by atoms with Crippen molar-refractivity contribution in [2.75, 3.05) is 29.1 Å². The van der Waals surface area contributed by atoms with Gasteiger partial charge in [-0.2, -0.15) is 0 Å². The van der Waals surface area contributed by atoms with Crippen LogP contribution in [0.2, 0.25) is 0 Å². The number of para-hydroxylation sites is 2. The molecule has 2 atom stereocenters. The van der Waals surface area contributed by atoms with E-state index in [1.165, 1.54) is 22.5 Å². The number of hydrogen-bond donors (Lipinski definition) is 2. The third kappa shape index (κ3) is 5.64. The number of benzene rings is 4. The molecular formula is C31H33N4PS. The summed E-state index contributed by atoms with van der Waals surface area (Å²) in [7, 11) is 1.14. The molecule has 0 aromatic heterocycles. The number of anilines is 2. The number of thiocarbonyl (C=S) groups is 1. The predicted molar refractivity (Wildman–Crippen MR) is 162 cm³/mol. The summed E-state index contributed by atoms with van der Waals surface area (Å²) in [4.78, 5) is 0. The minimum atomic E-state index is -0.723. The van der Waals surface area contributed by atoms with E-state index in [4.69, 9.17) is 12.2 Å². The van der Waals surface area contributed by atoms with Gasteiger partial charge in [-0.25, -0.2) is 0 Å². The Labute approximate surface area is 227 Å². The molecule has 4 nitrogen and oxygen atoms in total. The third-order valence-corrected chi connectivity index (χ3v) is 9.71. The molecule has 0 amide bonds. The Bertz CT molecular complexity index is 1170. The summed E-state index contributed by atoms with van der Waals surface area (Å²) in [6, 6.07) is 44.2. The molecule has 0 bridgehead atoms. The van der Waals surface area contributed by atoms with Crippen LogP contribution in [0, 0.1) is 0 Å². The van der Waals surface area contributed by atoms with E-state index in [-0.39, 0.29) is 12.1 Å². The molecule has 1 aliphatic heterocycles. The molecule has 1 saturated heterocycles. The molecule has 0 radical (unpaired) electrons. The van der Waals surface area contributed by atoms with Gasteiger partial charge in [0, 0.05) is 31.1 Å². The first-order chi connectivity index (χ1) is 18.3. The zero-order chi connectivity index (χ0) is 25.5. The standard InChI is InChI=1S/C31H33N4PS/c1-32-31(37)33-23-14-24-36-34(27-19-10-4-11-20-27)29(25-15-6-2-7-16-25)30(26-17-8-3-9-18-26)35(36)28-21-12-5-13-22-28/h2-13,15-22,29-30H,14,23-24H2,1H3,(H2,32,33,37)/t29-,30-/m1/s1. The maximum absolute atomic E-state index is 5.33. The van der Waals surface area contributed by atoms with Crippen LogP contribution < -0.4 is 20.0 Å². The van der Waals surface area contributed by atoms with E-state index in [2.05, 4.69) is 141 Å². The molecule has 4 aromatic rings. The summed E-state index contributed by atoms with van der Waals surface area (Å²) in [6.45, 7) is 0.843. The van der Waals surface area contributed by atoms with E-state index < -0.39 is 8.22 Å². The first-order valence-corrected chi connectivity index (χ1v) is 14.6. The topological polar surface area (TPSA) is 30.5 Å². The molecule has 2 N–H and O–H groups in total. The summed E-state index contributed by atoms with van der Waals surface area (Å²) < 4.78 is 5.40. The predicted octanol–water partition coefficient (Wildman–Crippen LogP) is 7.29. The lowest BCUT2D eigenvalue weighted by Gasteiger charge is -2.34. The maximum Gasteiger partial charge on any atom is 0.166 e. The molecular weight excluding hydrogens is 491 g/mol. The lowest BCUT2D eigenvalue weighted by Crippen LogP contribution is -2.33.